The van der Waals surface area contributed by atoms with Gasteiger partial charge in [-0.15, -0.1) is 0 Å². The summed E-state index contributed by atoms with van der Waals surface area (Å²) in [5.74, 6) is 0.0445. The van der Waals surface area contributed by atoms with Gasteiger partial charge in [0.1, 0.15) is 0 Å². The van der Waals surface area contributed by atoms with Gasteiger partial charge in [0.25, 0.3) is 0 Å². The van der Waals surface area contributed by atoms with E-state index in [9.17, 15) is 5.11 Å². The number of nitrogens with zero attached hydrogens (tertiary/aromatic N) is 3. The molecule has 2 aromatic rings. The third kappa shape index (κ3) is 1.00. The first-order chi connectivity index (χ1) is 5.66. The average molecular weight is 184 g/mol. The van der Waals surface area contributed by atoms with E-state index in [-0.39, 0.29) is 10.9 Å². The predicted octanol–water partition coefficient (Wildman–Crippen LogP) is 1.40. The normalized spacial score (nSPS) is 10.8. The van der Waals surface area contributed by atoms with Gasteiger partial charge in [-0.3, -0.25) is 0 Å². The van der Waals surface area contributed by atoms with E-state index in [2.05, 4.69) is 10.1 Å². The van der Waals surface area contributed by atoms with Crippen LogP contribution in [0.25, 0.3) is 5.65 Å². The van der Waals surface area contributed by atoms with Gasteiger partial charge in [-0.05, 0) is 6.92 Å². The molecule has 62 valence electrons. The van der Waals surface area contributed by atoms with Crippen molar-refractivity contribution in [3.63, 3.8) is 0 Å². The molecule has 0 aliphatic heterocycles. The number of aromatic nitrogens is 3. The fraction of sp³-hybridized carbons (Fsp3) is 0.143. The molecule has 4 nitrogen and oxygen atoms in total. The lowest BCUT2D eigenvalue weighted by atomic mass is 10.5. The Morgan fingerprint density at radius 2 is 2.33 bits per heavy atom. The van der Waals surface area contributed by atoms with Crippen LogP contribution in [0.1, 0.15) is 5.69 Å². The first-order valence-corrected chi connectivity index (χ1v) is 3.76. The average Bonchev–Trinajstić information content (AvgIpc) is 2.29. The third-order valence-corrected chi connectivity index (χ3v) is 1.68. The van der Waals surface area contributed by atoms with E-state index < -0.39 is 0 Å². The third-order valence-electron chi connectivity index (χ3n) is 1.50. The fourth-order valence-corrected chi connectivity index (χ4v) is 1.23. The Bertz CT molecular complexity index is 437. The Kier molecular flexibility index (Phi) is 1.44. The smallest absolute Gasteiger partial charge is 0.196 e. The molecule has 1 N–H and O–H groups in total. The number of imidazole rings is 1. The van der Waals surface area contributed by atoms with Crippen LogP contribution in [0.15, 0.2) is 12.3 Å². The van der Waals surface area contributed by atoms with Crippen LogP contribution >= 0.6 is 11.6 Å². The van der Waals surface area contributed by atoms with Crippen molar-refractivity contribution in [3.8, 4) is 5.75 Å². The van der Waals surface area contributed by atoms with Crippen molar-refractivity contribution in [2.75, 3.05) is 0 Å². The minimum atomic E-state index is 0.0445. The Morgan fingerprint density at radius 1 is 1.58 bits per heavy atom. The van der Waals surface area contributed by atoms with E-state index in [1.54, 1.807) is 6.20 Å². The zero-order chi connectivity index (χ0) is 8.72. The number of fused-ring (bicyclic) bond motifs is 1. The molecule has 0 amide bonds. The van der Waals surface area contributed by atoms with Crippen LogP contribution in [0, 0.1) is 6.92 Å². The van der Waals surface area contributed by atoms with Gasteiger partial charge in [0.2, 0.25) is 0 Å². The molecule has 0 aliphatic carbocycles. The van der Waals surface area contributed by atoms with Gasteiger partial charge in [-0.2, -0.15) is 5.10 Å². The Hall–Kier alpha value is -1.29. The second kappa shape index (κ2) is 2.35. The summed E-state index contributed by atoms with van der Waals surface area (Å²) in [6.45, 7) is 1.82. The van der Waals surface area contributed by atoms with Crippen molar-refractivity contribution in [1.29, 1.82) is 0 Å². The van der Waals surface area contributed by atoms with Gasteiger partial charge in [0.15, 0.2) is 16.5 Å². The van der Waals surface area contributed by atoms with Gasteiger partial charge in [-0.25, -0.2) is 9.50 Å². The molecule has 2 rings (SSSR count). The number of halogens is 1. The summed E-state index contributed by atoms with van der Waals surface area (Å²) in [7, 11) is 0. The minimum absolute atomic E-state index is 0.0445. The van der Waals surface area contributed by atoms with Crippen molar-refractivity contribution in [2.24, 2.45) is 0 Å². The second-order valence-corrected chi connectivity index (χ2v) is 2.89. The SMILES string of the molecule is Cc1cn2nc(Cl)cc(O)c2n1. The van der Waals surface area contributed by atoms with Crippen LogP contribution < -0.4 is 0 Å². The molecule has 0 fully saturated rings. The highest BCUT2D eigenvalue weighted by Gasteiger charge is 2.05. The highest BCUT2D eigenvalue weighted by molar-refractivity contribution is 6.29. The highest BCUT2D eigenvalue weighted by Crippen LogP contribution is 2.19. The summed E-state index contributed by atoms with van der Waals surface area (Å²) in [6.07, 6.45) is 1.70. The molecule has 2 heterocycles. The van der Waals surface area contributed by atoms with Crippen molar-refractivity contribution < 1.29 is 5.11 Å². The highest BCUT2D eigenvalue weighted by atomic mass is 35.5. The number of aryl methyl sites for hydroxylation is 1. The lowest BCUT2D eigenvalue weighted by molar-refractivity contribution is 0.475. The summed E-state index contributed by atoms with van der Waals surface area (Å²) in [4.78, 5) is 4.05. The molecule has 0 saturated carbocycles. The summed E-state index contributed by atoms with van der Waals surface area (Å²) >= 11 is 5.61. The van der Waals surface area contributed by atoms with Crippen molar-refractivity contribution >= 4 is 17.2 Å². The molecule has 12 heavy (non-hydrogen) atoms. The molecular formula is C7H6ClN3O. The maximum Gasteiger partial charge on any atom is 0.196 e. The van der Waals surface area contributed by atoms with Crippen molar-refractivity contribution in [3.05, 3.63) is 23.1 Å². The Balaban J connectivity index is 2.88. The molecule has 0 aromatic carbocycles. The molecule has 0 radical (unpaired) electrons. The number of hydrogen-bond donors (Lipinski definition) is 1. The monoisotopic (exact) mass is 183 g/mol. The molecule has 0 unspecified atom stereocenters. The van der Waals surface area contributed by atoms with E-state index in [4.69, 9.17) is 11.6 Å². The molecule has 0 bridgehead atoms. The lowest BCUT2D eigenvalue weighted by Crippen LogP contribution is -1.89. The summed E-state index contributed by atoms with van der Waals surface area (Å²) in [6, 6.07) is 1.36. The molecule has 0 atom stereocenters. The fourth-order valence-electron chi connectivity index (χ4n) is 1.05. The zero-order valence-corrected chi connectivity index (χ0v) is 7.08. The van der Waals surface area contributed by atoms with E-state index in [1.165, 1.54) is 10.6 Å². The number of aromatic hydroxyl groups is 1. The van der Waals surface area contributed by atoms with Crippen LogP contribution in [0.3, 0.4) is 0 Å². The Morgan fingerprint density at radius 3 is 3.08 bits per heavy atom. The summed E-state index contributed by atoms with van der Waals surface area (Å²) in [5.41, 5.74) is 1.22. The predicted molar refractivity (Wildman–Crippen MR) is 44.4 cm³/mol. The van der Waals surface area contributed by atoms with Crippen LogP contribution in [0.5, 0.6) is 5.75 Å². The molecule has 0 spiro atoms. The van der Waals surface area contributed by atoms with Crippen molar-refractivity contribution in [2.45, 2.75) is 6.92 Å². The largest absolute Gasteiger partial charge is 0.504 e. The quantitative estimate of drug-likeness (QED) is 0.672. The zero-order valence-electron chi connectivity index (χ0n) is 6.32. The number of hydrogen-bond acceptors (Lipinski definition) is 3. The minimum Gasteiger partial charge on any atom is -0.504 e. The van der Waals surface area contributed by atoms with E-state index in [1.807, 2.05) is 6.92 Å². The molecular weight excluding hydrogens is 178 g/mol. The molecule has 0 saturated heterocycles. The maximum atomic E-state index is 9.36. The van der Waals surface area contributed by atoms with Gasteiger partial charge >= 0.3 is 0 Å². The first kappa shape index (κ1) is 7.36. The molecule has 0 aliphatic rings. The van der Waals surface area contributed by atoms with Crippen LogP contribution in [0.2, 0.25) is 5.15 Å². The standard InChI is InChI=1S/C7H6ClN3O/c1-4-3-11-7(9-4)5(12)2-6(8)10-11/h2-3,12H,1H3. The topological polar surface area (TPSA) is 50.4 Å². The first-order valence-electron chi connectivity index (χ1n) is 3.38. The molecule has 5 heteroatoms. The van der Waals surface area contributed by atoms with Crippen molar-refractivity contribution in [1.82, 2.24) is 14.6 Å². The van der Waals surface area contributed by atoms with Crippen LogP contribution in [-0.2, 0) is 0 Å². The lowest BCUT2D eigenvalue weighted by Gasteiger charge is -1.95. The van der Waals surface area contributed by atoms with E-state index in [0.717, 1.165) is 5.69 Å². The summed E-state index contributed by atoms with van der Waals surface area (Å²) < 4.78 is 1.45. The Labute approximate surface area is 73.4 Å². The van der Waals surface area contributed by atoms with Gasteiger partial charge in [0, 0.05) is 6.07 Å². The second-order valence-electron chi connectivity index (χ2n) is 2.50. The molecule has 2 aromatic heterocycles. The summed E-state index contributed by atoms with van der Waals surface area (Å²) in [5, 5.41) is 13.5. The van der Waals surface area contributed by atoms with Gasteiger partial charge in [0.05, 0.1) is 11.9 Å². The van der Waals surface area contributed by atoms with E-state index in [0.29, 0.717) is 5.65 Å². The number of rotatable bonds is 0. The van der Waals surface area contributed by atoms with Gasteiger partial charge in [-0.1, -0.05) is 11.6 Å². The van der Waals surface area contributed by atoms with Gasteiger partial charge < -0.3 is 5.11 Å². The van der Waals surface area contributed by atoms with Crippen LogP contribution in [0.4, 0.5) is 0 Å². The maximum absolute atomic E-state index is 9.36. The van der Waals surface area contributed by atoms with Crippen LogP contribution in [-0.4, -0.2) is 19.7 Å². The van der Waals surface area contributed by atoms with E-state index >= 15 is 0 Å².